The van der Waals surface area contributed by atoms with Crippen molar-refractivity contribution >= 4 is 39.6 Å². The maximum absolute atomic E-state index is 13.8. The maximum atomic E-state index is 13.8. The number of aromatic nitrogens is 8. The van der Waals surface area contributed by atoms with Gasteiger partial charge in [-0.3, -0.25) is 14.2 Å². The zero-order chi connectivity index (χ0) is 32.8. The zero-order valence-electron chi connectivity index (χ0n) is 25.3. The molecule has 0 radical (unpaired) electrons. The molecule has 0 spiro atoms. The van der Waals surface area contributed by atoms with E-state index in [9.17, 15) is 14.0 Å². The smallest absolute Gasteiger partial charge is 0.271 e. The molecule has 1 amide bonds. The predicted octanol–water partition coefficient (Wildman–Crippen LogP) is 5.32. The Bertz CT molecular complexity index is 2380. The molecule has 0 unspecified atom stereocenters. The van der Waals surface area contributed by atoms with Crippen LogP contribution in [-0.2, 0) is 0 Å². The number of anilines is 2. The van der Waals surface area contributed by atoms with Gasteiger partial charge >= 0.3 is 0 Å². The molecule has 1 aliphatic carbocycles. The number of carbonyl (C=O) groups is 1. The first-order chi connectivity index (χ1) is 23.4. The van der Waals surface area contributed by atoms with Crippen molar-refractivity contribution in [1.29, 1.82) is 0 Å². The number of nitrogens with zero attached hydrogens (tertiary/aromatic N) is 8. The molecule has 13 nitrogen and oxygen atoms in total. The molecular weight excluding hydrogens is 615 g/mol. The number of carbonyl (C=O) groups excluding carboxylic acids is 1. The fourth-order valence-corrected chi connectivity index (χ4v) is 6.22. The van der Waals surface area contributed by atoms with Crippen LogP contribution in [0.4, 0.5) is 15.9 Å². The van der Waals surface area contributed by atoms with Gasteiger partial charge in [-0.2, -0.15) is 0 Å². The molecule has 14 heteroatoms. The summed E-state index contributed by atoms with van der Waals surface area (Å²) in [6.07, 6.45) is 11.0. The fraction of sp³-hybridized carbons (Fsp3) is 0.147. The SMILES string of the molecule is Nc1ncnc2c1c(-c1ccc(NC(=O)c3c(On4nnc5cccnc54)ccn(-c4ccc(F)cc4)c3=O)cc1)cn2C1CCCC1. The molecule has 0 aliphatic heterocycles. The minimum absolute atomic E-state index is 0.0832. The largest absolute Gasteiger partial charge is 0.383 e. The van der Waals surface area contributed by atoms with E-state index >= 15 is 0 Å². The second-order valence-corrected chi connectivity index (χ2v) is 11.5. The summed E-state index contributed by atoms with van der Waals surface area (Å²) in [5.41, 5.74) is 9.44. The van der Waals surface area contributed by atoms with Crippen molar-refractivity contribution < 1.29 is 14.0 Å². The van der Waals surface area contributed by atoms with E-state index in [1.165, 1.54) is 60.3 Å². The molecule has 3 N–H and O–H groups in total. The van der Waals surface area contributed by atoms with Crippen molar-refractivity contribution in [1.82, 2.24) is 39.2 Å². The minimum atomic E-state index is -0.730. The summed E-state index contributed by atoms with van der Waals surface area (Å²) < 4.78 is 17.1. The topological polar surface area (TPSA) is 161 Å². The Kier molecular flexibility index (Phi) is 7.09. The number of hydrogen-bond acceptors (Lipinski definition) is 9. The Morgan fingerprint density at radius 1 is 0.958 bits per heavy atom. The van der Waals surface area contributed by atoms with Gasteiger partial charge in [-0.05, 0) is 72.1 Å². The average Bonchev–Trinajstić information content (AvgIpc) is 3.86. The number of rotatable bonds is 7. The standard InChI is InChI=1S/C34H27FN10O3/c35-21-9-13-24(14-10-21)43-17-15-27(48-45-31-26(41-42-45)6-3-16-37-31)29(34(43)47)33(46)40-22-11-7-20(8-12-22)25-18-44(23-4-1-2-5-23)32-28(25)30(36)38-19-39-32/h3,6-19,23H,1-2,4-5H2,(H,40,46)(H2,36,38,39). The summed E-state index contributed by atoms with van der Waals surface area (Å²) in [5, 5.41) is 11.6. The van der Waals surface area contributed by atoms with Gasteiger partial charge < -0.3 is 20.5 Å². The van der Waals surface area contributed by atoms with Gasteiger partial charge in [0.1, 0.15) is 29.1 Å². The summed E-state index contributed by atoms with van der Waals surface area (Å²) >= 11 is 0. The summed E-state index contributed by atoms with van der Waals surface area (Å²) in [4.78, 5) is 47.7. The van der Waals surface area contributed by atoms with E-state index in [1.54, 1.807) is 30.5 Å². The van der Waals surface area contributed by atoms with Crippen LogP contribution in [0.25, 0.3) is 39.0 Å². The van der Waals surface area contributed by atoms with E-state index in [0.717, 1.165) is 39.8 Å². The van der Waals surface area contributed by atoms with Crippen LogP contribution in [0.15, 0.2) is 96.4 Å². The highest BCUT2D eigenvalue weighted by atomic mass is 19.1. The van der Waals surface area contributed by atoms with Crippen LogP contribution < -0.4 is 21.4 Å². The molecule has 0 atom stereocenters. The molecule has 1 saturated carbocycles. The van der Waals surface area contributed by atoms with Crippen LogP contribution in [0, 0.1) is 5.82 Å². The van der Waals surface area contributed by atoms with Crippen molar-refractivity contribution in [2.45, 2.75) is 31.7 Å². The summed E-state index contributed by atoms with van der Waals surface area (Å²) in [5.74, 6) is -0.877. The molecule has 238 valence electrons. The lowest BCUT2D eigenvalue weighted by Crippen LogP contribution is -2.29. The zero-order valence-corrected chi connectivity index (χ0v) is 25.3. The van der Waals surface area contributed by atoms with Crippen LogP contribution in [0.2, 0.25) is 0 Å². The van der Waals surface area contributed by atoms with Crippen LogP contribution in [0.1, 0.15) is 42.1 Å². The third-order valence-electron chi connectivity index (χ3n) is 8.56. The number of benzene rings is 2. The number of pyridine rings is 2. The number of hydrogen-bond donors (Lipinski definition) is 2. The highest BCUT2D eigenvalue weighted by Gasteiger charge is 2.25. The Morgan fingerprint density at radius 3 is 2.54 bits per heavy atom. The number of amides is 1. The first kappa shape index (κ1) is 29.0. The average molecular weight is 643 g/mol. The number of halogens is 1. The second-order valence-electron chi connectivity index (χ2n) is 11.5. The summed E-state index contributed by atoms with van der Waals surface area (Å²) in [6, 6.07) is 17.7. The molecule has 0 saturated heterocycles. The molecule has 5 heterocycles. The van der Waals surface area contributed by atoms with Gasteiger partial charge in [0, 0.05) is 47.6 Å². The second kappa shape index (κ2) is 11.7. The number of nitrogen functional groups attached to an aromatic ring is 1. The molecular formula is C34H27FN10O3. The quantitative estimate of drug-likeness (QED) is 0.235. The van der Waals surface area contributed by atoms with Crippen LogP contribution in [-0.4, -0.2) is 45.2 Å². The Morgan fingerprint density at radius 2 is 1.75 bits per heavy atom. The molecule has 8 rings (SSSR count). The molecule has 0 bridgehead atoms. The number of nitrogens with two attached hydrogens (primary N) is 1. The Labute approximate surface area is 271 Å². The van der Waals surface area contributed by atoms with Gasteiger partial charge in [-0.1, -0.05) is 29.8 Å². The minimum Gasteiger partial charge on any atom is -0.383 e. The molecule has 2 aromatic carbocycles. The van der Waals surface area contributed by atoms with Crippen LogP contribution in [0.5, 0.6) is 5.75 Å². The van der Waals surface area contributed by atoms with Crippen LogP contribution in [0.3, 0.4) is 0 Å². The predicted molar refractivity (Wildman–Crippen MR) is 176 cm³/mol. The van der Waals surface area contributed by atoms with Gasteiger partial charge in [0.25, 0.3) is 11.5 Å². The molecule has 1 fully saturated rings. The van der Waals surface area contributed by atoms with Gasteiger partial charge in [0.15, 0.2) is 11.3 Å². The Balaban J connectivity index is 1.14. The number of nitrogens with one attached hydrogen (secondary N) is 1. The van der Waals surface area contributed by atoms with Crippen molar-refractivity contribution in [2.24, 2.45) is 0 Å². The lowest BCUT2D eigenvalue weighted by molar-refractivity contribution is 0.101. The van der Waals surface area contributed by atoms with E-state index in [4.69, 9.17) is 10.6 Å². The first-order valence-corrected chi connectivity index (χ1v) is 15.3. The first-order valence-electron chi connectivity index (χ1n) is 15.3. The molecule has 7 aromatic rings. The Hall–Kier alpha value is -6.44. The van der Waals surface area contributed by atoms with Gasteiger partial charge in [0.2, 0.25) is 5.65 Å². The number of fused-ring (bicyclic) bond motifs is 2. The monoisotopic (exact) mass is 642 g/mol. The third kappa shape index (κ3) is 5.08. The lowest BCUT2D eigenvalue weighted by Gasteiger charge is -2.13. The summed E-state index contributed by atoms with van der Waals surface area (Å²) in [6.45, 7) is 0. The van der Waals surface area contributed by atoms with Gasteiger partial charge in [-0.15, -0.1) is 5.10 Å². The fourth-order valence-electron chi connectivity index (χ4n) is 6.22. The van der Waals surface area contributed by atoms with E-state index in [1.807, 2.05) is 12.1 Å². The highest BCUT2D eigenvalue weighted by Crippen LogP contribution is 2.39. The maximum Gasteiger partial charge on any atom is 0.271 e. The van der Waals surface area contributed by atoms with Gasteiger partial charge in [0.05, 0.1) is 5.39 Å². The van der Waals surface area contributed by atoms with Crippen molar-refractivity contribution in [3.63, 3.8) is 0 Å². The normalized spacial score (nSPS) is 13.4. The van der Waals surface area contributed by atoms with Crippen molar-refractivity contribution in [3.05, 3.63) is 113 Å². The van der Waals surface area contributed by atoms with E-state index < -0.39 is 17.3 Å². The van der Waals surface area contributed by atoms with E-state index in [0.29, 0.717) is 34.4 Å². The van der Waals surface area contributed by atoms with E-state index in [2.05, 4.69) is 41.3 Å². The highest BCUT2D eigenvalue weighted by molar-refractivity contribution is 6.06. The van der Waals surface area contributed by atoms with Crippen molar-refractivity contribution in [2.75, 3.05) is 11.1 Å². The lowest BCUT2D eigenvalue weighted by atomic mass is 10.1. The summed E-state index contributed by atoms with van der Waals surface area (Å²) in [7, 11) is 0. The van der Waals surface area contributed by atoms with Crippen molar-refractivity contribution in [3.8, 4) is 22.6 Å². The molecule has 48 heavy (non-hydrogen) atoms. The van der Waals surface area contributed by atoms with Crippen LogP contribution >= 0.6 is 0 Å². The van der Waals surface area contributed by atoms with Gasteiger partial charge in [-0.25, -0.2) is 19.3 Å². The molecule has 5 aromatic heterocycles. The third-order valence-corrected chi connectivity index (χ3v) is 8.56. The van der Waals surface area contributed by atoms with E-state index in [-0.39, 0.29) is 11.3 Å². The molecule has 1 aliphatic rings.